The molecule has 0 aliphatic carbocycles. The van der Waals surface area contributed by atoms with E-state index in [0.29, 0.717) is 12.6 Å². The average molecular weight is 381 g/mol. The van der Waals surface area contributed by atoms with Crippen LogP contribution in [0.5, 0.6) is 0 Å². The number of rotatable bonds is 7. The average Bonchev–Trinajstić information content (AvgIpc) is 3.13. The highest BCUT2D eigenvalue weighted by Crippen LogP contribution is 2.37. The normalized spacial score (nSPS) is 17.0. The SMILES string of the molecule is C=Nn1cc(-c2ccc(C3(OCC)CCN(C(C)C)CC3)cn2)cc1C(=C)C. The molecular weight excluding hydrogens is 348 g/mol. The first-order valence-electron chi connectivity index (χ1n) is 10.1. The van der Waals surface area contributed by atoms with Gasteiger partial charge in [0.05, 0.1) is 17.0 Å². The summed E-state index contributed by atoms with van der Waals surface area (Å²) in [5, 5.41) is 4.04. The Balaban J connectivity index is 1.86. The number of likely N-dealkylation sites (tertiary alicyclic amines) is 1. The molecule has 3 rings (SSSR count). The zero-order valence-electron chi connectivity index (χ0n) is 17.6. The minimum atomic E-state index is -0.233. The number of nitrogens with zero attached hydrogens (tertiary/aromatic N) is 4. The van der Waals surface area contributed by atoms with Crippen LogP contribution in [0.25, 0.3) is 16.8 Å². The van der Waals surface area contributed by atoms with Crippen LogP contribution in [0.15, 0.2) is 42.3 Å². The van der Waals surface area contributed by atoms with Gasteiger partial charge >= 0.3 is 0 Å². The van der Waals surface area contributed by atoms with Gasteiger partial charge in [-0.3, -0.25) is 4.98 Å². The fourth-order valence-electron chi connectivity index (χ4n) is 4.06. The van der Waals surface area contributed by atoms with Crippen LogP contribution in [0.1, 0.15) is 51.8 Å². The quantitative estimate of drug-likeness (QED) is 0.649. The minimum absolute atomic E-state index is 0.233. The maximum atomic E-state index is 6.30. The molecule has 0 bridgehead atoms. The second-order valence-electron chi connectivity index (χ2n) is 7.87. The van der Waals surface area contributed by atoms with Gasteiger partial charge in [0.1, 0.15) is 0 Å². The minimum Gasteiger partial charge on any atom is -0.370 e. The molecule has 0 saturated carbocycles. The van der Waals surface area contributed by atoms with Crippen molar-refractivity contribution >= 4 is 12.3 Å². The Kier molecular flexibility index (Phi) is 6.16. The Morgan fingerprint density at radius 1 is 1.32 bits per heavy atom. The molecule has 150 valence electrons. The van der Waals surface area contributed by atoms with E-state index in [9.17, 15) is 0 Å². The van der Waals surface area contributed by atoms with Crippen LogP contribution < -0.4 is 0 Å². The Morgan fingerprint density at radius 2 is 2.04 bits per heavy atom. The van der Waals surface area contributed by atoms with Gasteiger partial charge in [-0.15, -0.1) is 0 Å². The van der Waals surface area contributed by atoms with Gasteiger partial charge in [-0.2, -0.15) is 5.10 Å². The molecule has 1 aliphatic rings. The number of allylic oxidation sites excluding steroid dienone is 1. The topological polar surface area (TPSA) is 42.6 Å². The first-order valence-corrected chi connectivity index (χ1v) is 10.1. The van der Waals surface area contributed by atoms with Crippen molar-refractivity contribution < 1.29 is 4.74 Å². The fraction of sp³-hybridized carbons (Fsp3) is 0.478. The van der Waals surface area contributed by atoms with Crippen molar-refractivity contribution in [3.8, 4) is 11.3 Å². The Labute approximate surface area is 168 Å². The molecule has 0 amide bonds. The monoisotopic (exact) mass is 380 g/mol. The Morgan fingerprint density at radius 3 is 2.50 bits per heavy atom. The van der Waals surface area contributed by atoms with Crippen LogP contribution in [0.3, 0.4) is 0 Å². The molecule has 0 atom stereocenters. The number of hydrogen-bond donors (Lipinski definition) is 0. The van der Waals surface area contributed by atoms with Crippen LogP contribution in [0.2, 0.25) is 0 Å². The summed E-state index contributed by atoms with van der Waals surface area (Å²) in [6.07, 6.45) is 5.92. The number of aromatic nitrogens is 2. The van der Waals surface area contributed by atoms with Crippen LogP contribution in [-0.4, -0.2) is 47.0 Å². The molecule has 3 heterocycles. The van der Waals surface area contributed by atoms with Crippen LogP contribution in [0, 0.1) is 0 Å². The summed E-state index contributed by atoms with van der Waals surface area (Å²) in [6, 6.07) is 6.88. The van der Waals surface area contributed by atoms with Crippen molar-refractivity contribution in [3.05, 3.63) is 48.4 Å². The molecular formula is C23H32N4O. The number of pyridine rings is 1. The summed E-state index contributed by atoms with van der Waals surface area (Å²) < 4.78 is 8.04. The van der Waals surface area contributed by atoms with Gasteiger partial charge in [-0.1, -0.05) is 12.6 Å². The lowest BCUT2D eigenvalue weighted by molar-refractivity contribution is -0.0888. The van der Waals surface area contributed by atoms with E-state index in [1.807, 2.05) is 19.3 Å². The highest BCUT2D eigenvalue weighted by Gasteiger charge is 2.37. The zero-order valence-corrected chi connectivity index (χ0v) is 17.6. The van der Waals surface area contributed by atoms with Gasteiger partial charge in [0.2, 0.25) is 0 Å². The fourth-order valence-corrected chi connectivity index (χ4v) is 4.06. The van der Waals surface area contributed by atoms with Gasteiger partial charge in [0.15, 0.2) is 0 Å². The molecule has 5 nitrogen and oxygen atoms in total. The van der Waals surface area contributed by atoms with E-state index in [1.165, 1.54) is 5.56 Å². The second kappa shape index (κ2) is 8.41. The Hall–Kier alpha value is -2.24. The third-order valence-corrected chi connectivity index (χ3v) is 5.73. The summed E-state index contributed by atoms with van der Waals surface area (Å²) in [5.41, 5.74) is 4.76. The van der Waals surface area contributed by atoms with E-state index in [1.54, 1.807) is 4.68 Å². The summed E-state index contributed by atoms with van der Waals surface area (Å²) >= 11 is 0. The van der Waals surface area contributed by atoms with E-state index in [-0.39, 0.29) is 5.60 Å². The first-order chi connectivity index (χ1) is 13.4. The molecule has 2 aromatic heterocycles. The van der Waals surface area contributed by atoms with Crippen molar-refractivity contribution in [2.45, 2.75) is 52.2 Å². The molecule has 0 N–H and O–H groups in total. The van der Waals surface area contributed by atoms with E-state index < -0.39 is 0 Å². The molecule has 28 heavy (non-hydrogen) atoms. The lowest BCUT2D eigenvalue weighted by atomic mass is 9.84. The summed E-state index contributed by atoms with van der Waals surface area (Å²) in [5.74, 6) is 0. The van der Waals surface area contributed by atoms with Crippen molar-refractivity contribution in [3.63, 3.8) is 0 Å². The van der Waals surface area contributed by atoms with Gasteiger partial charge in [-0.25, -0.2) is 4.68 Å². The van der Waals surface area contributed by atoms with Gasteiger partial charge in [-0.05, 0) is 58.2 Å². The van der Waals surface area contributed by atoms with Crippen molar-refractivity contribution in [1.29, 1.82) is 0 Å². The van der Waals surface area contributed by atoms with Crippen molar-refractivity contribution in [2.24, 2.45) is 5.10 Å². The maximum Gasteiger partial charge on any atom is 0.0970 e. The summed E-state index contributed by atoms with van der Waals surface area (Å²) in [6.45, 7) is 19.0. The molecule has 1 saturated heterocycles. The largest absolute Gasteiger partial charge is 0.370 e. The highest BCUT2D eigenvalue weighted by atomic mass is 16.5. The van der Waals surface area contributed by atoms with E-state index >= 15 is 0 Å². The number of ether oxygens (including phenoxy) is 1. The predicted octanol–water partition coefficient (Wildman–Crippen LogP) is 4.78. The third kappa shape index (κ3) is 3.96. The van der Waals surface area contributed by atoms with Gasteiger partial charge in [0.25, 0.3) is 0 Å². The molecule has 0 aromatic carbocycles. The number of hydrogen-bond acceptors (Lipinski definition) is 4. The van der Waals surface area contributed by atoms with Crippen LogP contribution >= 0.6 is 0 Å². The second-order valence-corrected chi connectivity index (χ2v) is 7.87. The lowest BCUT2D eigenvalue weighted by Gasteiger charge is -2.43. The van der Waals surface area contributed by atoms with Crippen LogP contribution in [0.4, 0.5) is 0 Å². The van der Waals surface area contributed by atoms with E-state index in [2.05, 4.69) is 62.3 Å². The van der Waals surface area contributed by atoms with E-state index in [4.69, 9.17) is 9.72 Å². The zero-order chi connectivity index (χ0) is 20.3. The summed E-state index contributed by atoms with van der Waals surface area (Å²) in [7, 11) is 0. The molecule has 2 aromatic rings. The van der Waals surface area contributed by atoms with E-state index in [0.717, 1.165) is 48.5 Å². The molecule has 1 aliphatic heterocycles. The number of piperidine rings is 1. The smallest absolute Gasteiger partial charge is 0.0970 e. The highest BCUT2D eigenvalue weighted by molar-refractivity contribution is 5.68. The molecule has 0 radical (unpaired) electrons. The molecule has 0 spiro atoms. The summed E-state index contributed by atoms with van der Waals surface area (Å²) in [4.78, 5) is 7.27. The molecule has 1 fully saturated rings. The first kappa shape index (κ1) is 20.5. The van der Waals surface area contributed by atoms with Crippen molar-refractivity contribution in [2.75, 3.05) is 19.7 Å². The van der Waals surface area contributed by atoms with Crippen LogP contribution in [-0.2, 0) is 10.3 Å². The van der Waals surface area contributed by atoms with Gasteiger partial charge in [0, 0.05) is 56.0 Å². The predicted molar refractivity (Wildman–Crippen MR) is 117 cm³/mol. The lowest BCUT2D eigenvalue weighted by Crippen LogP contribution is -2.46. The Bertz CT molecular complexity index is 827. The molecule has 0 unspecified atom stereocenters. The third-order valence-electron chi connectivity index (χ3n) is 5.73. The van der Waals surface area contributed by atoms with Crippen molar-refractivity contribution in [1.82, 2.24) is 14.6 Å². The molecule has 5 heteroatoms. The standard InChI is InChI=1S/C23H32N4O/c1-7-28-23(10-12-26(13-11-23)18(4)5)20-8-9-21(25-15-20)19-14-22(17(2)3)27(16-19)24-6/h8-9,14-16,18H,2,6-7,10-13H2,1,3-5H3. The van der Waals surface area contributed by atoms with Gasteiger partial charge < -0.3 is 9.64 Å². The maximum absolute atomic E-state index is 6.30.